The Morgan fingerprint density at radius 2 is 1.11 bits per heavy atom. The van der Waals surface area contributed by atoms with Gasteiger partial charge in [-0.2, -0.15) is 0 Å². The van der Waals surface area contributed by atoms with Gasteiger partial charge < -0.3 is 4.90 Å². The third kappa shape index (κ3) is 5.35. The van der Waals surface area contributed by atoms with Gasteiger partial charge in [0, 0.05) is 21.2 Å². The zero-order valence-electron chi connectivity index (χ0n) is 20.5. The van der Waals surface area contributed by atoms with Gasteiger partial charge in [-0.25, -0.2) is 0 Å². The summed E-state index contributed by atoms with van der Waals surface area (Å²) in [5.41, 5.74) is 8.34. The van der Waals surface area contributed by atoms with E-state index < -0.39 is 0 Å². The number of fused-ring (bicyclic) bond motifs is 1. The summed E-state index contributed by atoms with van der Waals surface area (Å²) in [6.07, 6.45) is 8.51. The summed E-state index contributed by atoms with van der Waals surface area (Å²) < 4.78 is 1.09. The van der Waals surface area contributed by atoms with Crippen molar-refractivity contribution in [3.63, 3.8) is 0 Å². The van der Waals surface area contributed by atoms with E-state index in [2.05, 4.69) is 168 Å². The fraction of sp³-hybridized carbons (Fsp3) is 0.0588. The quantitative estimate of drug-likeness (QED) is 0.197. The smallest absolute Gasteiger partial charge is 0.0540 e. The molecule has 0 aliphatic carbocycles. The molecular formula is C34H28BrN. The number of nitrogens with zero attached hydrogens (tertiary/aromatic N) is 1. The molecule has 2 heteroatoms. The minimum absolute atomic E-state index is 1.09. The maximum absolute atomic E-state index is 3.49. The molecule has 5 aromatic rings. The molecule has 0 spiro atoms. The van der Waals surface area contributed by atoms with Crippen LogP contribution in [0.25, 0.3) is 22.9 Å². The normalized spacial score (nSPS) is 11.5. The molecule has 5 aromatic carbocycles. The van der Waals surface area contributed by atoms with Crippen molar-refractivity contribution >= 4 is 55.9 Å². The van der Waals surface area contributed by atoms with Crippen molar-refractivity contribution in [2.45, 2.75) is 13.8 Å². The van der Waals surface area contributed by atoms with Crippen LogP contribution in [0.3, 0.4) is 0 Å². The second-order valence-electron chi connectivity index (χ2n) is 9.00. The molecule has 0 saturated heterocycles. The lowest BCUT2D eigenvalue weighted by atomic mass is 10.0. The van der Waals surface area contributed by atoms with Crippen LogP contribution in [0.1, 0.15) is 22.3 Å². The number of halogens is 1. The Labute approximate surface area is 222 Å². The van der Waals surface area contributed by atoms with Gasteiger partial charge in [0.05, 0.1) is 5.69 Å². The van der Waals surface area contributed by atoms with Crippen molar-refractivity contribution < 1.29 is 0 Å². The summed E-state index contributed by atoms with van der Waals surface area (Å²) in [6.45, 7) is 4.25. The Bertz CT molecular complexity index is 1480. The zero-order valence-corrected chi connectivity index (χ0v) is 22.1. The highest BCUT2D eigenvalue weighted by Crippen LogP contribution is 2.40. The van der Waals surface area contributed by atoms with E-state index in [4.69, 9.17) is 0 Å². The lowest BCUT2D eigenvalue weighted by Crippen LogP contribution is -2.10. The third-order valence-electron chi connectivity index (χ3n) is 6.31. The van der Waals surface area contributed by atoms with Crippen molar-refractivity contribution in [3.05, 3.63) is 148 Å². The van der Waals surface area contributed by atoms with Gasteiger partial charge in [-0.3, -0.25) is 0 Å². The fourth-order valence-corrected chi connectivity index (χ4v) is 4.63. The molecular weight excluding hydrogens is 502 g/mol. The first-order chi connectivity index (χ1) is 17.6. The van der Waals surface area contributed by atoms with E-state index in [9.17, 15) is 0 Å². The predicted octanol–water partition coefficient (Wildman–Crippen LogP) is 10.4. The van der Waals surface area contributed by atoms with Gasteiger partial charge in [0.2, 0.25) is 0 Å². The van der Waals surface area contributed by atoms with Crippen LogP contribution in [-0.4, -0.2) is 0 Å². The van der Waals surface area contributed by atoms with Crippen LogP contribution in [0.5, 0.6) is 0 Å². The summed E-state index contributed by atoms with van der Waals surface area (Å²) in [6, 6.07) is 38.9. The number of aryl methyl sites for hydroxylation is 2. The first-order valence-corrected chi connectivity index (χ1v) is 12.9. The summed E-state index contributed by atoms with van der Waals surface area (Å²) in [7, 11) is 0. The standard InChI is InChI=1S/C34H28BrN/c1-25-11-20-30(21-12-25)36(31-22-13-26(2)14-23-31)34-24-17-28(32-9-5-6-10-33(32)34)8-4-3-7-27-15-18-29(35)19-16-27/h3-24H,1-2H3/b7-3+,8-4+. The Morgan fingerprint density at radius 1 is 0.556 bits per heavy atom. The molecule has 0 radical (unpaired) electrons. The van der Waals surface area contributed by atoms with Crippen LogP contribution in [-0.2, 0) is 0 Å². The average Bonchev–Trinajstić information content (AvgIpc) is 2.90. The maximum atomic E-state index is 3.49. The van der Waals surface area contributed by atoms with E-state index in [1.165, 1.54) is 38.7 Å². The Kier molecular flexibility index (Phi) is 7.16. The first-order valence-electron chi connectivity index (χ1n) is 12.1. The number of benzene rings is 5. The molecule has 5 rings (SSSR count). The van der Waals surface area contributed by atoms with Crippen LogP contribution in [0, 0.1) is 13.8 Å². The minimum atomic E-state index is 1.09. The molecule has 0 aliphatic heterocycles. The zero-order chi connectivity index (χ0) is 24.9. The molecule has 1 nitrogen and oxygen atoms in total. The minimum Gasteiger partial charge on any atom is -0.310 e. The third-order valence-corrected chi connectivity index (χ3v) is 6.83. The number of hydrogen-bond acceptors (Lipinski definition) is 1. The molecule has 0 atom stereocenters. The van der Waals surface area contributed by atoms with Gasteiger partial charge in [0.25, 0.3) is 0 Å². The second kappa shape index (κ2) is 10.8. The van der Waals surface area contributed by atoms with Crippen molar-refractivity contribution in [2.24, 2.45) is 0 Å². The van der Waals surface area contributed by atoms with E-state index in [0.29, 0.717) is 0 Å². The maximum Gasteiger partial charge on any atom is 0.0540 e. The van der Waals surface area contributed by atoms with Gasteiger partial charge in [0.15, 0.2) is 0 Å². The number of allylic oxidation sites excluding steroid dienone is 2. The summed E-state index contributed by atoms with van der Waals surface area (Å²) in [5, 5.41) is 2.45. The highest BCUT2D eigenvalue weighted by Gasteiger charge is 2.16. The van der Waals surface area contributed by atoms with E-state index in [0.717, 1.165) is 15.8 Å². The molecule has 36 heavy (non-hydrogen) atoms. The molecule has 0 saturated carbocycles. The van der Waals surface area contributed by atoms with E-state index >= 15 is 0 Å². The van der Waals surface area contributed by atoms with Crippen molar-refractivity contribution in [1.29, 1.82) is 0 Å². The summed E-state index contributed by atoms with van der Waals surface area (Å²) in [4.78, 5) is 2.35. The van der Waals surface area contributed by atoms with Crippen LogP contribution in [0.2, 0.25) is 0 Å². The highest BCUT2D eigenvalue weighted by molar-refractivity contribution is 9.10. The van der Waals surface area contributed by atoms with E-state index in [-0.39, 0.29) is 0 Å². The first kappa shape index (κ1) is 23.8. The Hall–Kier alpha value is -3.88. The number of hydrogen-bond donors (Lipinski definition) is 0. The molecule has 0 fully saturated rings. The molecule has 0 unspecified atom stereocenters. The molecule has 0 aliphatic rings. The van der Waals surface area contributed by atoms with E-state index in [1.54, 1.807) is 0 Å². The monoisotopic (exact) mass is 529 g/mol. The van der Waals surface area contributed by atoms with Crippen molar-refractivity contribution in [2.75, 3.05) is 4.90 Å². The molecule has 0 amide bonds. The lowest BCUT2D eigenvalue weighted by Gasteiger charge is -2.27. The molecule has 176 valence electrons. The van der Waals surface area contributed by atoms with Crippen LogP contribution < -0.4 is 4.90 Å². The van der Waals surface area contributed by atoms with Gasteiger partial charge in [0.1, 0.15) is 0 Å². The van der Waals surface area contributed by atoms with Crippen molar-refractivity contribution in [1.82, 2.24) is 0 Å². The molecule has 0 bridgehead atoms. The van der Waals surface area contributed by atoms with Crippen LogP contribution in [0.15, 0.2) is 126 Å². The average molecular weight is 531 g/mol. The van der Waals surface area contributed by atoms with Crippen LogP contribution >= 0.6 is 15.9 Å². The van der Waals surface area contributed by atoms with Gasteiger partial charge >= 0.3 is 0 Å². The summed E-state index contributed by atoms with van der Waals surface area (Å²) >= 11 is 3.49. The van der Waals surface area contributed by atoms with Crippen molar-refractivity contribution in [3.8, 4) is 0 Å². The topological polar surface area (TPSA) is 3.24 Å². The lowest BCUT2D eigenvalue weighted by molar-refractivity contribution is 1.28. The molecule has 0 N–H and O–H groups in total. The van der Waals surface area contributed by atoms with Gasteiger partial charge in [-0.15, -0.1) is 0 Å². The molecule has 0 heterocycles. The van der Waals surface area contributed by atoms with Crippen LogP contribution in [0.4, 0.5) is 17.1 Å². The van der Waals surface area contributed by atoms with Gasteiger partial charge in [-0.05, 0) is 72.8 Å². The second-order valence-corrected chi connectivity index (χ2v) is 9.91. The molecule has 0 aromatic heterocycles. The summed E-state index contributed by atoms with van der Waals surface area (Å²) in [5.74, 6) is 0. The van der Waals surface area contributed by atoms with E-state index in [1.807, 2.05) is 0 Å². The SMILES string of the molecule is Cc1ccc(N(c2ccc(C)cc2)c2ccc(/C=C/C=C/c3ccc(Br)cc3)c3ccccc23)cc1. The predicted molar refractivity (Wildman–Crippen MR) is 160 cm³/mol. The number of rotatable bonds is 6. The fourth-order valence-electron chi connectivity index (χ4n) is 4.36. The highest BCUT2D eigenvalue weighted by atomic mass is 79.9. The Balaban J connectivity index is 1.56. The Morgan fingerprint density at radius 3 is 1.72 bits per heavy atom. The van der Waals surface area contributed by atoms with Gasteiger partial charge in [-0.1, -0.05) is 118 Å². The largest absolute Gasteiger partial charge is 0.310 e. The number of anilines is 3.